The number of pyridine rings is 1. The van der Waals surface area contributed by atoms with Gasteiger partial charge in [-0.3, -0.25) is 9.88 Å². The Balaban J connectivity index is 2.11. The van der Waals surface area contributed by atoms with Crippen molar-refractivity contribution in [2.45, 2.75) is 20.0 Å². The summed E-state index contributed by atoms with van der Waals surface area (Å²) in [6.45, 7) is 4.48. The molecule has 1 heterocycles. The van der Waals surface area contributed by atoms with Crippen LogP contribution < -0.4 is 5.46 Å². The molecule has 0 saturated carbocycles. The van der Waals surface area contributed by atoms with Crippen LogP contribution in [0.1, 0.15) is 18.1 Å². The van der Waals surface area contributed by atoms with Crippen LogP contribution in [0.15, 0.2) is 48.8 Å². The van der Waals surface area contributed by atoms with Crippen LogP contribution in [0.4, 0.5) is 0 Å². The van der Waals surface area contributed by atoms with E-state index in [1.54, 1.807) is 18.5 Å². The molecule has 20 heavy (non-hydrogen) atoms. The first-order valence-electron chi connectivity index (χ1n) is 6.76. The molecule has 1 aromatic heterocycles. The van der Waals surface area contributed by atoms with E-state index in [4.69, 9.17) is 0 Å². The van der Waals surface area contributed by atoms with Crippen molar-refractivity contribution in [2.24, 2.45) is 0 Å². The van der Waals surface area contributed by atoms with Gasteiger partial charge in [-0.2, -0.15) is 0 Å². The van der Waals surface area contributed by atoms with E-state index in [-0.39, 0.29) is 0 Å². The molecule has 0 atom stereocenters. The van der Waals surface area contributed by atoms with Gasteiger partial charge in [0.2, 0.25) is 0 Å². The molecule has 0 spiro atoms. The van der Waals surface area contributed by atoms with E-state index in [1.807, 2.05) is 30.3 Å². The fourth-order valence-corrected chi connectivity index (χ4v) is 2.20. The quantitative estimate of drug-likeness (QED) is 0.762. The number of hydrogen-bond donors (Lipinski definition) is 2. The van der Waals surface area contributed by atoms with Gasteiger partial charge in [0.05, 0.1) is 0 Å². The lowest BCUT2D eigenvalue weighted by molar-refractivity contribution is 0.271. The minimum absolute atomic E-state index is 0.570. The Morgan fingerprint density at radius 3 is 2.40 bits per heavy atom. The van der Waals surface area contributed by atoms with Crippen molar-refractivity contribution < 1.29 is 10.0 Å². The van der Waals surface area contributed by atoms with Gasteiger partial charge < -0.3 is 10.0 Å². The highest BCUT2D eigenvalue weighted by atomic mass is 16.4. The van der Waals surface area contributed by atoms with Crippen LogP contribution in [0.5, 0.6) is 0 Å². The maximum Gasteiger partial charge on any atom is 0.488 e. The lowest BCUT2D eigenvalue weighted by Crippen LogP contribution is -2.35. The molecule has 1 aromatic carbocycles. The average molecular weight is 270 g/mol. The van der Waals surface area contributed by atoms with Gasteiger partial charge in [-0.15, -0.1) is 0 Å². The molecule has 0 unspecified atom stereocenters. The second kappa shape index (κ2) is 7.19. The molecule has 2 rings (SSSR count). The standard InChI is InChI=1S/C15H19BN2O2/c1-2-18(11-13-7-9-17-10-8-13)12-14-5-3-4-6-15(14)16(19)20/h3-10,19-20H,2,11-12H2,1H3. The Kier molecular flexibility index (Phi) is 5.29. The van der Waals surface area contributed by atoms with Gasteiger partial charge >= 0.3 is 7.12 Å². The van der Waals surface area contributed by atoms with Crippen molar-refractivity contribution in [1.82, 2.24) is 9.88 Å². The van der Waals surface area contributed by atoms with Crippen molar-refractivity contribution in [1.29, 1.82) is 0 Å². The van der Waals surface area contributed by atoms with Gasteiger partial charge in [0.15, 0.2) is 0 Å². The fraction of sp³-hybridized carbons (Fsp3) is 0.267. The summed E-state index contributed by atoms with van der Waals surface area (Å²) in [7, 11) is -1.43. The largest absolute Gasteiger partial charge is 0.488 e. The predicted octanol–water partition coefficient (Wildman–Crippen LogP) is 0.783. The maximum absolute atomic E-state index is 9.41. The van der Waals surface area contributed by atoms with E-state index in [9.17, 15) is 10.0 Å². The zero-order valence-corrected chi connectivity index (χ0v) is 11.6. The SMILES string of the molecule is CCN(Cc1ccncc1)Cc1ccccc1B(O)O. The summed E-state index contributed by atoms with van der Waals surface area (Å²) >= 11 is 0. The number of benzene rings is 1. The molecule has 0 aliphatic rings. The van der Waals surface area contributed by atoms with E-state index in [2.05, 4.69) is 16.8 Å². The third-order valence-corrected chi connectivity index (χ3v) is 3.33. The topological polar surface area (TPSA) is 56.6 Å². The third kappa shape index (κ3) is 3.90. The first-order valence-corrected chi connectivity index (χ1v) is 6.76. The maximum atomic E-state index is 9.41. The van der Waals surface area contributed by atoms with Gasteiger partial charge in [0.25, 0.3) is 0 Å². The highest BCUT2D eigenvalue weighted by Gasteiger charge is 2.16. The summed E-state index contributed by atoms with van der Waals surface area (Å²) in [5.74, 6) is 0. The molecule has 5 heteroatoms. The molecule has 0 fully saturated rings. The molecule has 0 aliphatic carbocycles. The summed E-state index contributed by atoms with van der Waals surface area (Å²) in [4.78, 5) is 6.26. The Morgan fingerprint density at radius 1 is 1.05 bits per heavy atom. The van der Waals surface area contributed by atoms with Crippen molar-refractivity contribution in [2.75, 3.05) is 6.54 Å². The molecule has 0 saturated heterocycles. The van der Waals surface area contributed by atoms with Gasteiger partial charge in [-0.05, 0) is 35.3 Å². The molecular formula is C15H19BN2O2. The van der Waals surface area contributed by atoms with Crippen molar-refractivity contribution in [3.63, 3.8) is 0 Å². The molecule has 104 valence electrons. The monoisotopic (exact) mass is 270 g/mol. The summed E-state index contributed by atoms with van der Waals surface area (Å²) in [5.41, 5.74) is 2.71. The molecule has 4 nitrogen and oxygen atoms in total. The van der Waals surface area contributed by atoms with Gasteiger partial charge in [-0.25, -0.2) is 0 Å². The Morgan fingerprint density at radius 2 is 1.75 bits per heavy atom. The Bertz CT molecular complexity index is 534. The van der Waals surface area contributed by atoms with Gasteiger partial charge in [-0.1, -0.05) is 31.2 Å². The number of nitrogens with zero attached hydrogens (tertiary/aromatic N) is 2. The second-order valence-corrected chi connectivity index (χ2v) is 4.73. The number of rotatable bonds is 6. The molecule has 0 bridgehead atoms. The molecular weight excluding hydrogens is 251 g/mol. The second-order valence-electron chi connectivity index (χ2n) is 4.73. The minimum atomic E-state index is -1.43. The van der Waals surface area contributed by atoms with Crippen LogP contribution in [0.3, 0.4) is 0 Å². The minimum Gasteiger partial charge on any atom is -0.423 e. The van der Waals surface area contributed by atoms with Gasteiger partial charge in [0.1, 0.15) is 0 Å². The van der Waals surface area contributed by atoms with Crippen LogP contribution >= 0.6 is 0 Å². The lowest BCUT2D eigenvalue weighted by atomic mass is 9.77. The summed E-state index contributed by atoms with van der Waals surface area (Å²) in [6, 6.07) is 11.4. The van der Waals surface area contributed by atoms with Crippen LogP contribution in [-0.4, -0.2) is 33.6 Å². The molecule has 0 radical (unpaired) electrons. The number of hydrogen-bond acceptors (Lipinski definition) is 4. The lowest BCUT2D eigenvalue weighted by Gasteiger charge is -2.22. The normalized spacial score (nSPS) is 10.8. The van der Waals surface area contributed by atoms with E-state index < -0.39 is 7.12 Å². The summed E-state index contributed by atoms with van der Waals surface area (Å²) < 4.78 is 0. The van der Waals surface area contributed by atoms with Crippen molar-refractivity contribution >= 4 is 12.6 Å². The third-order valence-electron chi connectivity index (χ3n) is 3.33. The molecule has 0 amide bonds. The summed E-state index contributed by atoms with van der Waals surface area (Å²) in [5, 5.41) is 18.8. The highest BCUT2D eigenvalue weighted by Crippen LogP contribution is 2.08. The zero-order valence-electron chi connectivity index (χ0n) is 11.6. The Hall–Kier alpha value is -1.69. The smallest absolute Gasteiger partial charge is 0.423 e. The van der Waals surface area contributed by atoms with Crippen LogP contribution in [-0.2, 0) is 13.1 Å². The molecule has 2 N–H and O–H groups in total. The first kappa shape index (κ1) is 14.7. The zero-order chi connectivity index (χ0) is 14.4. The average Bonchev–Trinajstić information content (AvgIpc) is 2.48. The molecule has 2 aromatic rings. The van der Waals surface area contributed by atoms with Crippen LogP contribution in [0, 0.1) is 0 Å². The molecule has 0 aliphatic heterocycles. The fourth-order valence-electron chi connectivity index (χ4n) is 2.20. The van der Waals surface area contributed by atoms with E-state index in [1.165, 1.54) is 5.56 Å². The van der Waals surface area contributed by atoms with Crippen molar-refractivity contribution in [3.05, 3.63) is 59.9 Å². The first-order chi connectivity index (χ1) is 9.70. The van der Waals surface area contributed by atoms with Crippen LogP contribution in [0.25, 0.3) is 0 Å². The number of aromatic nitrogens is 1. The summed E-state index contributed by atoms with van der Waals surface area (Å²) in [6.07, 6.45) is 3.57. The van der Waals surface area contributed by atoms with Crippen molar-refractivity contribution in [3.8, 4) is 0 Å². The predicted molar refractivity (Wildman–Crippen MR) is 80.3 cm³/mol. The van der Waals surface area contributed by atoms with Crippen LogP contribution in [0.2, 0.25) is 0 Å². The Labute approximate surface area is 119 Å². The highest BCUT2D eigenvalue weighted by molar-refractivity contribution is 6.59. The van der Waals surface area contributed by atoms with E-state index in [0.29, 0.717) is 12.0 Å². The van der Waals surface area contributed by atoms with E-state index >= 15 is 0 Å². The van der Waals surface area contributed by atoms with Gasteiger partial charge in [0, 0.05) is 25.5 Å². The van der Waals surface area contributed by atoms with E-state index in [0.717, 1.165) is 18.7 Å².